The second-order valence-corrected chi connectivity index (χ2v) is 5.02. The van der Waals surface area contributed by atoms with Crippen molar-refractivity contribution >= 4 is 11.8 Å². The molecule has 2 aliphatic rings. The van der Waals surface area contributed by atoms with Crippen molar-refractivity contribution < 1.29 is 9.59 Å². The summed E-state index contributed by atoms with van der Waals surface area (Å²) in [5.41, 5.74) is 5.81. The number of rotatable bonds is 3. The van der Waals surface area contributed by atoms with Gasteiger partial charge in [0.1, 0.15) is 0 Å². The maximum atomic E-state index is 11.7. The van der Waals surface area contributed by atoms with Crippen molar-refractivity contribution in [3.05, 3.63) is 0 Å². The van der Waals surface area contributed by atoms with E-state index in [4.69, 9.17) is 5.73 Å². The largest absolute Gasteiger partial charge is 0.354 e. The Morgan fingerprint density at radius 3 is 2.75 bits per heavy atom. The second-order valence-electron chi connectivity index (χ2n) is 5.02. The van der Waals surface area contributed by atoms with Gasteiger partial charge in [-0.3, -0.25) is 9.59 Å². The molecule has 0 spiro atoms. The van der Waals surface area contributed by atoms with E-state index in [1.807, 2.05) is 0 Å². The van der Waals surface area contributed by atoms with Gasteiger partial charge in [-0.2, -0.15) is 0 Å². The number of nitrogens with one attached hydrogen (secondary N) is 2. The first-order chi connectivity index (χ1) is 7.57. The van der Waals surface area contributed by atoms with Gasteiger partial charge in [0.05, 0.1) is 6.04 Å². The molecule has 2 amide bonds. The molecule has 90 valence electrons. The van der Waals surface area contributed by atoms with Gasteiger partial charge in [-0.1, -0.05) is 12.8 Å². The molecule has 1 saturated carbocycles. The van der Waals surface area contributed by atoms with Crippen LogP contribution in [0.3, 0.4) is 0 Å². The van der Waals surface area contributed by atoms with Crippen LogP contribution in [0.1, 0.15) is 38.5 Å². The molecule has 16 heavy (non-hydrogen) atoms. The van der Waals surface area contributed by atoms with Crippen LogP contribution in [0, 0.1) is 0 Å². The fourth-order valence-corrected chi connectivity index (χ4v) is 2.56. The van der Waals surface area contributed by atoms with Crippen LogP contribution in [-0.2, 0) is 9.59 Å². The Morgan fingerprint density at radius 2 is 2.19 bits per heavy atom. The Morgan fingerprint density at radius 1 is 1.50 bits per heavy atom. The molecule has 5 nitrogen and oxygen atoms in total. The van der Waals surface area contributed by atoms with E-state index in [2.05, 4.69) is 10.6 Å². The van der Waals surface area contributed by atoms with E-state index in [0.717, 1.165) is 25.7 Å². The van der Waals surface area contributed by atoms with Crippen LogP contribution in [0.2, 0.25) is 0 Å². The number of hydrogen-bond donors (Lipinski definition) is 3. The van der Waals surface area contributed by atoms with Crippen LogP contribution in [0.4, 0.5) is 0 Å². The zero-order chi connectivity index (χ0) is 11.6. The highest BCUT2D eigenvalue weighted by molar-refractivity contribution is 5.82. The summed E-state index contributed by atoms with van der Waals surface area (Å²) < 4.78 is 0. The molecule has 4 N–H and O–H groups in total. The number of amides is 2. The standard InChI is InChI=1S/C11H19N3O2/c12-11(3-1-2-4-11)6-10(16)14-8-5-9(15)13-7-8/h8H,1-7,12H2,(H,13,15)(H,14,16). The minimum absolute atomic E-state index is 0.00799. The lowest BCUT2D eigenvalue weighted by molar-refractivity contribution is -0.122. The number of nitrogens with two attached hydrogens (primary N) is 1. The lowest BCUT2D eigenvalue weighted by Gasteiger charge is -2.23. The molecule has 2 fully saturated rings. The SMILES string of the molecule is NC1(CC(=O)NC2CNC(=O)C2)CCCC1. The summed E-state index contributed by atoms with van der Waals surface area (Å²) in [6.07, 6.45) is 4.88. The van der Waals surface area contributed by atoms with Crippen molar-refractivity contribution in [2.75, 3.05) is 6.54 Å². The van der Waals surface area contributed by atoms with Crippen LogP contribution in [0.5, 0.6) is 0 Å². The number of carbonyl (C=O) groups excluding carboxylic acids is 2. The predicted octanol–water partition coefficient (Wildman–Crippen LogP) is -0.347. The van der Waals surface area contributed by atoms with Crippen molar-refractivity contribution in [1.82, 2.24) is 10.6 Å². The normalized spacial score (nSPS) is 27.8. The van der Waals surface area contributed by atoms with Crippen LogP contribution < -0.4 is 16.4 Å². The predicted molar refractivity (Wildman–Crippen MR) is 59.6 cm³/mol. The third-order valence-corrected chi connectivity index (χ3v) is 3.45. The topological polar surface area (TPSA) is 84.2 Å². The molecule has 2 rings (SSSR count). The van der Waals surface area contributed by atoms with Gasteiger partial charge in [0.15, 0.2) is 0 Å². The van der Waals surface area contributed by atoms with Crippen molar-refractivity contribution in [3.63, 3.8) is 0 Å². The summed E-state index contributed by atoms with van der Waals surface area (Å²) in [5, 5.41) is 5.55. The third kappa shape index (κ3) is 2.72. The number of hydrogen-bond acceptors (Lipinski definition) is 3. The molecule has 1 aliphatic heterocycles. The highest BCUT2D eigenvalue weighted by Gasteiger charge is 2.33. The highest BCUT2D eigenvalue weighted by Crippen LogP contribution is 2.29. The quantitative estimate of drug-likeness (QED) is 0.614. The molecule has 1 unspecified atom stereocenters. The second kappa shape index (κ2) is 4.41. The van der Waals surface area contributed by atoms with Gasteiger partial charge < -0.3 is 16.4 Å². The Bertz CT molecular complexity index is 298. The summed E-state index contributed by atoms with van der Waals surface area (Å²) >= 11 is 0. The van der Waals surface area contributed by atoms with Crippen molar-refractivity contribution in [2.45, 2.75) is 50.1 Å². The minimum atomic E-state index is -0.305. The summed E-state index contributed by atoms with van der Waals surface area (Å²) in [5.74, 6) is -0.0143. The van der Waals surface area contributed by atoms with Gasteiger partial charge in [-0.25, -0.2) is 0 Å². The fraction of sp³-hybridized carbons (Fsp3) is 0.818. The molecule has 0 bridgehead atoms. The Kier molecular flexibility index (Phi) is 3.14. The van der Waals surface area contributed by atoms with Crippen molar-refractivity contribution in [1.29, 1.82) is 0 Å². The Labute approximate surface area is 95.1 Å². The Hall–Kier alpha value is -1.10. The minimum Gasteiger partial charge on any atom is -0.354 e. The van der Waals surface area contributed by atoms with Gasteiger partial charge in [-0.05, 0) is 12.8 Å². The van der Waals surface area contributed by atoms with E-state index in [-0.39, 0.29) is 23.4 Å². The zero-order valence-corrected chi connectivity index (χ0v) is 9.42. The molecule has 0 aromatic carbocycles. The molecule has 1 heterocycles. The first-order valence-corrected chi connectivity index (χ1v) is 5.92. The fourth-order valence-electron chi connectivity index (χ4n) is 2.56. The smallest absolute Gasteiger partial charge is 0.222 e. The van der Waals surface area contributed by atoms with Crippen molar-refractivity contribution in [3.8, 4) is 0 Å². The average Bonchev–Trinajstić information content (AvgIpc) is 2.75. The summed E-state index contributed by atoms with van der Waals surface area (Å²) in [4.78, 5) is 22.7. The molecular formula is C11H19N3O2. The van der Waals surface area contributed by atoms with E-state index >= 15 is 0 Å². The first kappa shape index (κ1) is 11.4. The highest BCUT2D eigenvalue weighted by atomic mass is 16.2. The van der Waals surface area contributed by atoms with Gasteiger partial charge in [-0.15, -0.1) is 0 Å². The van der Waals surface area contributed by atoms with E-state index in [1.54, 1.807) is 0 Å². The van der Waals surface area contributed by atoms with E-state index < -0.39 is 0 Å². The number of carbonyl (C=O) groups is 2. The molecule has 1 saturated heterocycles. The van der Waals surface area contributed by atoms with Gasteiger partial charge >= 0.3 is 0 Å². The van der Waals surface area contributed by atoms with E-state index in [1.165, 1.54) is 0 Å². The van der Waals surface area contributed by atoms with Gasteiger partial charge in [0, 0.05) is 24.9 Å². The monoisotopic (exact) mass is 225 g/mol. The molecular weight excluding hydrogens is 206 g/mol. The van der Waals surface area contributed by atoms with Gasteiger partial charge in [0.2, 0.25) is 11.8 Å². The first-order valence-electron chi connectivity index (χ1n) is 5.92. The molecule has 1 aliphatic carbocycles. The summed E-state index contributed by atoms with van der Waals surface area (Å²) in [6, 6.07) is -0.0509. The van der Waals surface area contributed by atoms with E-state index in [9.17, 15) is 9.59 Å². The summed E-state index contributed by atoms with van der Waals surface area (Å²) in [7, 11) is 0. The maximum absolute atomic E-state index is 11.7. The molecule has 0 aromatic heterocycles. The van der Waals surface area contributed by atoms with Crippen LogP contribution in [-0.4, -0.2) is 29.9 Å². The zero-order valence-electron chi connectivity index (χ0n) is 9.42. The average molecular weight is 225 g/mol. The Balaban J connectivity index is 1.78. The third-order valence-electron chi connectivity index (χ3n) is 3.45. The van der Waals surface area contributed by atoms with Crippen LogP contribution in [0.15, 0.2) is 0 Å². The summed E-state index contributed by atoms with van der Waals surface area (Å²) in [6.45, 7) is 0.544. The maximum Gasteiger partial charge on any atom is 0.222 e. The molecule has 0 radical (unpaired) electrons. The molecule has 1 atom stereocenters. The lowest BCUT2D eigenvalue weighted by atomic mass is 9.94. The lowest BCUT2D eigenvalue weighted by Crippen LogP contribution is -2.45. The van der Waals surface area contributed by atoms with Crippen LogP contribution >= 0.6 is 0 Å². The molecule has 0 aromatic rings. The van der Waals surface area contributed by atoms with Gasteiger partial charge in [0.25, 0.3) is 0 Å². The van der Waals surface area contributed by atoms with E-state index in [0.29, 0.717) is 19.4 Å². The van der Waals surface area contributed by atoms with Crippen molar-refractivity contribution in [2.24, 2.45) is 5.73 Å². The van der Waals surface area contributed by atoms with Crippen LogP contribution in [0.25, 0.3) is 0 Å². The molecule has 5 heteroatoms.